The van der Waals surface area contributed by atoms with Crippen molar-refractivity contribution < 1.29 is 18.0 Å². The third kappa shape index (κ3) is 6.27. The number of pyridine rings is 3. The van der Waals surface area contributed by atoms with Gasteiger partial charge in [0.15, 0.2) is 0 Å². The summed E-state index contributed by atoms with van der Waals surface area (Å²) in [5.74, 6) is -0.770. The van der Waals surface area contributed by atoms with Gasteiger partial charge < -0.3 is 20.5 Å². The topological polar surface area (TPSA) is 102 Å². The zero-order valence-electron chi connectivity index (χ0n) is 24.1. The monoisotopic (exact) mass is 593 g/mol. The molecule has 43 heavy (non-hydrogen) atoms. The van der Waals surface area contributed by atoms with Gasteiger partial charge in [-0.2, -0.15) is 13.2 Å². The van der Waals surface area contributed by atoms with Crippen LogP contribution in [0.4, 0.5) is 30.2 Å². The fourth-order valence-electron chi connectivity index (χ4n) is 5.93. The Morgan fingerprint density at radius 3 is 2.49 bits per heavy atom. The van der Waals surface area contributed by atoms with Crippen molar-refractivity contribution in [3.05, 3.63) is 77.8 Å². The van der Waals surface area contributed by atoms with Crippen LogP contribution in [0.2, 0.25) is 0 Å². The Morgan fingerprint density at radius 1 is 1.00 bits per heavy atom. The minimum atomic E-state index is -4.58. The van der Waals surface area contributed by atoms with E-state index in [4.69, 9.17) is 0 Å². The number of likely N-dealkylation sites (tertiary alicyclic amines) is 1. The minimum absolute atomic E-state index is 0.310. The molecule has 0 radical (unpaired) electrons. The second-order valence-electron chi connectivity index (χ2n) is 11.6. The standard InChI is InChI=1S/C30H34F3N9O/c1-20-27(15-23(17-36-20)37-28(43)25-14-22(3-8-35-25)30(31,32)33)42-19-26(38-39-42)21-13-24(18-34-16-21)41-11-6-29(7-12-41)4-9-40(2)10-5-29/h3,8,13-19,38-39H,4-7,9-12H2,1-2H3,(H,37,43). The molecule has 0 aliphatic carbocycles. The zero-order valence-corrected chi connectivity index (χ0v) is 24.1. The lowest BCUT2D eigenvalue weighted by molar-refractivity contribution is -0.137. The first-order valence-electron chi connectivity index (χ1n) is 14.3. The lowest BCUT2D eigenvalue weighted by atomic mass is 9.71. The number of anilines is 3. The number of piperidine rings is 2. The molecule has 0 saturated carbocycles. The molecule has 1 amide bonds. The molecule has 0 aromatic carbocycles. The summed E-state index contributed by atoms with van der Waals surface area (Å²) in [5.41, 5.74) is 9.89. The van der Waals surface area contributed by atoms with E-state index in [0.29, 0.717) is 22.5 Å². The molecule has 2 saturated heterocycles. The van der Waals surface area contributed by atoms with E-state index < -0.39 is 17.6 Å². The van der Waals surface area contributed by atoms with E-state index in [1.807, 2.05) is 19.3 Å². The molecular weight excluding hydrogens is 559 g/mol. The van der Waals surface area contributed by atoms with Crippen LogP contribution in [0, 0.1) is 12.3 Å². The Bertz CT molecular complexity index is 1530. The van der Waals surface area contributed by atoms with Crippen molar-refractivity contribution >= 4 is 28.7 Å². The van der Waals surface area contributed by atoms with Crippen LogP contribution in [0.15, 0.2) is 55.3 Å². The number of hydrazine groups is 2. The maximum absolute atomic E-state index is 13.1. The summed E-state index contributed by atoms with van der Waals surface area (Å²) < 4.78 is 39.2. The van der Waals surface area contributed by atoms with Gasteiger partial charge in [-0.15, -0.1) is 5.53 Å². The molecule has 3 aromatic rings. The second-order valence-corrected chi connectivity index (χ2v) is 11.6. The highest BCUT2D eigenvalue weighted by Crippen LogP contribution is 2.42. The number of amides is 1. The fourth-order valence-corrected chi connectivity index (χ4v) is 5.93. The number of carbonyl (C=O) groups is 1. The van der Waals surface area contributed by atoms with Gasteiger partial charge in [-0.3, -0.25) is 24.8 Å². The highest BCUT2D eigenvalue weighted by Gasteiger charge is 2.37. The normalized spacial score (nSPS) is 18.9. The van der Waals surface area contributed by atoms with Crippen molar-refractivity contribution in [3.8, 4) is 0 Å². The van der Waals surface area contributed by atoms with Crippen LogP contribution in [0.3, 0.4) is 0 Å². The Hall–Kier alpha value is -4.23. The number of carbonyl (C=O) groups excluding carboxylic acids is 1. The van der Waals surface area contributed by atoms with Crippen molar-refractivity contribution in [1.82, 2.24) is 30.8 Å². The molecule has 6 heterocycles. The second kappa shape index (κ2) is 11.5. The number of hydrogen-bond donors (Lipinski definition) is 3. The minimum Gasteiger partial charge on any atom is -0.370 e. The van der Waals surface area contributed by atoms with Crippen LogP contribution in [0.1, 0.15) is 53.0 Å². The average molecular weight is 594 g/mol. The van der Waals surface area contributed by atoms with Crippen LogP contribution >= 0.6 is 0 Å². The first-order valence-corrected chi connectivity index (χ1v) is 14.3. The Balaban J connectivity index is 1.14. The van der Waals surface area contributed by atoms with E-state index in [9.17, 15) is 18.0 Å². The van der Waals surface area contributed by atoms with Crippen molar-refractivity contribution in [3.63, 3.8) is 0 Å². The molecule has 6 rings (SSSR count). The van der Waals surface area contributed by atoms with E-state index in [2.05, 4.69) is 54.1 Å². The predicted octanol–water partition coefficient (Wildman–Crippen LogP) is 4.59. The van der Waals surface area contributed by atoms with E-state index >= 15 is 0 Å². The first kappa shape index (κ1) is 28.9. The van der Waals surface area contributed by atoms with Gasteiger partial charge >= 0.3 is 6.18 Å². The van der Waals surface area contributed by atoms with Gasteiger partial charge in [-0.05, 0) is 82.4 Å². The smallest absolute Gasteiger partial charge is 0.370 e. The molecule has 1 spiro atoms. The van der Waals surface area contributed by atoms with E-state index in [1.54, 1.807) is 17.3 Å². The van der Waals surface area contributed by atoms with Gasteiger partial charge in [0.2, 0.25) is 0 Å². The molecule has 3 N–H and O–H groups in total. The number of nitrogens with zero attached hydrogens (tertiary/aromatic N) is 6. The molecule has 0 bridgehead atoms. The highest BCUT2D eigenvalue weighted by atomic mass is 19.4. The number of nitrogens with one attached hydrogen (secondary N) is 3. The quantitative estimate of drug-likeness (QED) is 0.392. The van der Waals surface area contributed by atoms with Crippen molar-refractivity contribution in [2.75, 3.05) is 48.5 Å². The summed E-state index contributed by atoms with van der Waals surface area (Å²) >= 11 is 0. The number of hydrogen-bond acceptors (Lipinski definition) is 9. The van der Waals surface area contributed by atoms with Gasteiger partial charge in [0.25, 0.3) is 5.91 Å². The van der Waals surface area contributed by atoms with E-state index in [1.165, 1.54) is 45.0 Å². The van der Waals surface area contributed by atoms with Gasteiger partial charge in [-0.25, -0.2) is 0 Å². The largest absolute Gasteiger partial charge is 0.416 e. The van der Waals surface area contributed by atoms with E-state index in [0.717, 1.165) is 48.4 Å². The Morgan fingerprint density at radius 2 is 1.74 bits per heavy atom. The molecule has 3 aliphatic heterocycles. The third-order valence-corrected chi connectivity index (χ3v) is 8.74. The van der Waals surface area contributed by atoms with Gasteiger partial charge in [0, 0.05) is 37.2 Å². The molecular formula is C30H34F3N9O. The molecule has 3 aromatic heterocycles. The van der Waals surface area contributed by atoms with Crippen LogP contribution in [0.25, 0.3) is 5.70 Å². The van der Waals surface area contributed by atoms with Gasteiger partial charge in [0.05, 0.1) is 46.4 Å². The molecule has 2 fully saturated rings. The number of rotatable bonds is 5. The maximum atomic E-state index is 13.1. The number of halogens is 3. The Labute approximate surface area is 247 Å². The SMILES string of the molecule is Cc1ncc(NC(=O)c2cc(C(F)(F)F)ccn2)cc1N1C=C(c2cncc(N3CCC4(CCN(C)CC4)CC3)c2)NN1. The van der Waals surface area contributed by atoms with Gasteiger partial charge in [0.1, 0.15) is 5.69 Å². The fraction of sp³-hybridized carbons (Fsp3) is 0.400. The maximum Gasteiger partial charge on any atom is 0.416 e. The molecule has 3 aliphatic rings. The highest BCUT2D eigenvalue weighted by molar-refractivity contribution is 6.03. The number of aryl methyl sites for hydroxylation is 1. The summed E-state index contributed by atoms with van der Waals surface area (Å²) in [4.78, 5) is 30.2. The molecule has 226 valence electrons. The van der Waals surface area contributed by atoms with Crippen molar-refractivity contribution in [2.45, 2.75) is 38.8 Å². The van der Waals surface area contributed by atoms with Crippen LogP contribution in [0.5, 0.6) is 0 Å². The summed E-state index contributed by atoms with van der Waals surface area (Å²) in [5, 5.41) is 4.32. The summed E-state index contributed by atoms with van der Waals surface area (Å²) in [6, 6.07) is 5.36. The lowest BCUT2D eigenvalue weighted by Gasteiger charge is -2.46. The molecule has 0 unspecified atom stereocenters. The third-order valence-electron chi connectivity index (χ3n) is 8.74. The van der Waals surface area contributed by atoms with Crippen molar-refractivity contribution in [1.29, 1.82) is 0 Å². The summed E-state index contributed by atoms with van der Waals surface area (Å²) in [6.45, 7) is 6.21. The first-order chi connectivity index (χ1) is 20.6. The summed E-state index contributed by atoms with van der Waals surface area (Å²) in [6.07, 6.45) is 8.36. The zero-order chi connectivity index (χ0) is 30.2. The molecule has 10 nitrogen and oxygen atoms in total. The molecule has 0 atom stereocenters. The number of alkyl halides is 3. The predicted molar refractivity (Wildman–Crippen MR) is 158 cm³/mol. The van der Waals surface area contributed by atoms with Crippen LogP contribution in [-0.2, 0) is 6.18 Å². The average Bonchev–Trinajstić information content (AvgIpc) is 3.50. The lowest BCUT2D eigenvalue weighted by Crippen LogP contribution is -2.46. The van der Waals surface area contributed by atoms with Crippen LogP contribution < -0.4 is 26.2 Å². The van der Waals surface area contributed by atoms with E-state index in [-0.39, 0.29) is 5.69 Å². The molecule has 13 heteroatoms. The van der Waals surface area contributed by atoms with Gasteiger partial charge in [-0.1, -0.05) is 0 Å². The Kier molecular flexibility index (Phi) is 7.69. The number of aromatic nitrogens is 3. The summed E-state index contributed by atoms with van der Waals surface area (Å²) in [7, 11) is 2.20. The van der Waals surface area contributed by atoms with Crippen molar-refractivity contribution in [2.24, 2.45) is 5.41 Å². The van der Waals surface area contributed by atoms with Crippen LogP contribution in [-0.4, -0.2) is 59.0 Å².